The zero-order valence-corrected chi connectivity index (χ0v) is 18.3. The van der Waals surface area contributed by atoms with Gasteiger partial charge in [-0.1, -0.05) is 0 Å². The number of hydrogen-bond acceptors (Lipinski definition) is 3. The maximum atomic E-state index is 13.2. The second-order valence-corrected chi connectivity index (χ2v) is 8.33. The van der Waals surface area contributed by atoms with E-state index >= 15 is 0 Å². The Hall–Kier alpha value is -1.25. The smallest absolute Gasteiger partial charge is 0.307 e. The molecule has 0 aromatic rings. The van der Waals surface area contributed by atoms with Crippen molar-refractivity contribution in [3.05, 3.63) is 0 Å². The van der Waals surface area contributed by atoms with Gasteiger partial charge < -0.3 is 9.05 Å². The zero-order valence-electron chi connectivity index (χ0n) is 17.3. The van der Waals surface area contributed by atoms with Gasteiger partial charge in [0.25, 0.3) is 0 Å². The van der Waals surface area contributed by atoms with E-state index in [2.05, 4.69) is 9.05 Å². The third-order valence-electron chi connectivity index (χ3n) is 4.12. The molecule has 0 bridgehead atoms. The molecule has 0 aliphatic carbocycles. The Kier molecular flexibility index (Phi) is 10.9. The molecule has 0 aliphatic heterocycles. The molecule has 0 rings (SSSR count). The van der Waals surface area contributed by atoms with Gasteiger partial charge in [0.1, 0.15) is 0 Å². The molecule has 24 heteroatoms. The molecule has 0 aliphatic rings. The molecule has 0 aromatic heterocycles. The summed E-state index contributed by atoms with van der Waals surface area (Å²) in [4.78, 5) is 0. The Morgan fingerprint density at radius 1 is 0.395 bits per heavy atom. The van der Waals surface area contributed by atoms with E-state index in [1.165, 1.54) is 0 Å². The summed E-state index contributed by atoms with van der Waals surface area (Å²) in [6, 6.07) is 0. The summed E-state index contributed by atoms with van der Waals surface area (Å²) in [5, 5.41) is 0. The molecule has 0 spiro atoms. The maximum Gasteiger partial charge on any atom is 0.453 e. The van der Waals surface area contributed by atoms with Crippen LogP contribution in [0.3, 0.4) is 0 Å². The summed E-state index contributed by atoms with van der Waals surface area (Å²) in [6.07, 6.45) is -47.6. The SMILES string of the molecule is O=[PH](OC(CC(F)(F)C(F)(F)F)CC(F)(F)C(F)(F)F)OC(CC(F)(F)C(F)(F)F)CC(F)(F)C(F)(F)F. The largest absolute Gasteiger partial charge is 0.453 e. The monoisotopic (exact) mass is 638 g/mol. The van der Waals surface area contributed by atoms with Gasteiger partial charge >= 0.3 is 56.7 Å². The van der Waals surface area contributed by atoms with E-state index < -0.39 is 94.5 Å². The minimum Gasteiger partial charge on any atom is -0.307 e. The number of rotatable bonds is 12. The van der Waals surface area contributed by atoms with Gasteiger partial charge in [0.2, 0.25) is 0 Å². The van der Waals surface area contributed by atoms with Crippen LogP contribution in [0.5, 0.6) is 0 Å². The van der Waals surface area contributed by atoms with E-state index in [9.17, 15) is 92.4 Å². The van der Waals surface area contributed by atoms with Crippen LogP contribution in [0.4, 0.5) is 87.8 Å². The van der Waals surface area contributed by atoms with Crippen LogP contribution in [0.2, 0.25) is 0 Å². The van der Waals surface area contributed by atoms with Crippen molar-refractivity contribution < 1.29 is 101 Å². The minimum absolute atomic E-state index is 3.25. The number of hydrogen-bond donors (Lipinski definition) is 0. The first-order valence-electron chi connectivity index (χ1n) is 8.91. The summed E-state index contributed by atoms with van der Waals surface area (Å²) >= 11 is 0. The minimum atomic E-state index is -6.70. The quantitative estimate of drug-likeness (QED) is 0.159. The predicted molar refractivity (Wildman–Crippen MR) is 81.2 cm³/mol. The van der Waals surface area contributed by atoms with Crippen molar-refractivity contribution in [2.75, 3.05) is 0 Å². The van der Waals surface area contributed by atoms with Crippen molar-refractivity contribution in [3.8, 4) is 0 Å². The molecule has 38 heavy (non-hydrogen) atoms. The molecule has 0 unspecified atom stereocenters. The zero-order chi connectivity index (χ0) is 31.0. The fourth-order valence-electron chi connectivity index (χ4n) is 2.22. The highest BCUT2D eigenvalue weighted by molar-refractivity contribution is 7.33. The molecule has 0 fully saturated rings. The molecular weight excluding hydrogens is 627 g/mol. The van der Waals surface area contributed by atoms with Gasteiger partial charge in [0.05, 0.1) is 12.2 Å². The van der Waals surface area contributed by atoms with Gasteiger partial charge in [-0.25, -0.2) is 0 Å². The standard InChI is InChI=1S/C14H11F20O3P/c15-7(16,11(23,24)25)1-5(2-8(17,18)12(26,27)28)36-38(35)37-6(3-9(19,20)13(29,30)31)4-10(21,22)14(32,33)34/h5-6,38H,1-4H2. The summed E-state index contributed by atoms with van der Waals surface area (Å²) < 4.78 is 272. The van der Waals surface area contributed by atoms with Crippen LogP contribution in [0, 0.1) is 0 Å². The Labute approximate surface area is 197 Å². The first-order valence-corrected chi connectivity index (χ1v) is 10.1. The Balaban J connectivity index is 6.17. The molecule has 0 N–H and O–H groups in total. The van der Waals surface area contributed by atoms with Crippen LogP contribution >= 0.6 is 8.25 Å². The average molecular weight is 638 g/mol. The van der Waals surface area contributed by atoms with Crippen LogP contribution in [-0.4, -0.2) is 60.6 Å². The lowest BCUT2D eigenvalue weighted by Crippen LogP contribution is -2.45. The third-order valence-corrected chi connectivity index (χ3v) is 5.17. The molecule has 0 saturated heterocycles. The van der Waals surface area contributed by atoms with Gasteiger partial charge in [-0.05, 0) is 0 Å². The molecule has 0 amide bonds. The molecule has 230 valence electrons. The van der Waals surface area contributed by atoms with E-state index in [0.717, 1.165) is 0 Å². The number of alkyl halides is 20. The van der Waals surface area contributed by atoms with Crippen molar-refractivity contribution >= 4 is 8.25 Å². The van der Waals surface area contributed by atoms with E-state index in [0.29, 0.717) is 0 Å². The second-order valence-electron chi connectivity index (χ2n) is 7.36. The summed E-state index contributed by atoms with van der Waals surface area (Å²) in [6.45, 7) is 0. The molecule has 0 aromatic carbocycles. The second kappa shape index (κ2) is 11.3. The van der Waals surface area contributed by atoms with Gasteiger partial charge in [0.15, 0.2) is 0 Å². The number of halogens is 20. The Morgan fingerprint density at radius 2 is 0.553 bits per heavy atom. The summed E-state index contributed by atoms with van der Waals surface area (Å²) in [7, 11) is -5.51. The van der Waals surface area contributed by atoms with Crippen LogP contribution in [0.15, 0.2) is 0 Å². The third kappa shape index (κ3) is 10.1. The van der Waals surface area contributed by atoms with Crippen LogP contribution < -0.4 is 0 Å². The van der Waals surface area contributed by atoms with E-state index in [1.807, 2.05) is 0 Å². The molecular formula is C14H11F20O3P. The highest BCUT2D eigenvalue weighted by Gasteiger charge is 2.64. The maximum absolute atomic E-state index is 13.2. The molecule has 0 heterocycles. The first kappa shape index (κ1) is 36.8. The topological polar surface area (TPSA) is 35.5 Å². The highest BCUT2D eigenvalue weighted by atomic mass is 31.1. The van der Waals surface area contributed by atoms with Gasteiger partial charge in [-0.3, -0.25) is 4.57 Å². The summed E-state index contributed by atoms with van der Waals surface area (Å²) in [5.41, 5.74) is 0. The van der Waals surface area contributed by atoms with Gasteiger partial charge in [-0.15, -0.1) is 0 Å². The molecule has 0 radical (unpaired) electrons. The predicted octanol–water partition coefficient (Wildman–Crippen LogP) is 8.50. The Morgan fingerprint density at radius 3 is 0.684 bits per heavy atom. The highest BCUT2D eigenvalue weighted by Crippen LogP contribution is 2.49. The molecule has 0 saturated carbocycles. The lowest BCUT2D eigenvalue weighted by atomic mass is 10.0. The van der Waals surface area contributed by atoms with Crippen LogP contribution in [-0.2, 0) is 13.6 Å². The van der Waals surface area contributed by atoms with E-state index in [-0.39, 0.29) is 0 Å². The van der Waals surface area contributed by atoms with Crippen molar-refractivity contribution in [3.63, 3.8) is 0 Å². The lowest BCUT2D eigenvalue weighted by Gasteiger charge is -2.30. The van der Waals surface area contributed by atoms with Gasteiger partial charge in [0, 0.05) is 25.7 Å². The fourth-order valence-corrected chi connectivity index (χ4v) is 3.15. The fraction of sp³-hybridized carbons (Fsp3) is 1.00. The average Bonchev–Trinajstić information content (AvgIpc) is 2.55. The van der Waals surface area contributed by atoms with Crippen molar-refractivity contribution in [1.29, 1.82) is 0 Å². The van der Waals surface area contributed by atoms with Crippen LogP contribution in [0.1, 0.15) is 25.7 Å². The normalized spacial score (nSPS) is 15.8. The van der Waals surface area contributed by atoms with E-state index in [1.54, 1.807) is 0 Å². The molecule has 0 atom stereocenters. The van der Waals surface area contributed by atoms with Gasteiger partial charge in [-0.2, -0.15) is 87.8 Å². The molecule has 3 nitrogen and oxygen atoms in total. The van der Waals surface area contributed by atoms with E-state index in [4.69, 9.17) is 0 Å². The van der Waals surface area contributed by atoms with Crippen LogP contribution in [0.25, 0.3) is 0 Å². The first-order chi connectivity index (χ1) is 16.3. The lowest BCUT2D eigenvalue weighted by molar-refractivity contribution is -0.306. The summed E-state index contributed by atoms with van der Waals surface area (Å²) in [5.74, 6) is -24.9. The van der Waals surface area contributed by atoms with Crippen molar-refractivity contribution in [2.24, 2.45) is 0 Å². The Bertz CT molecular complexity index is 675. The van der Waals surface area contributed by atoms with Crippen molar-refractivity contribution in [2.45, 2.75) is 86.3 Å². The van der Waals surface area contributed by atoms with Crippen molar-refractivity contribution in [1.82, 2.24) is 0 Å².